The zero-order chi connectivity index (χ0) is 24.6. The van der Waals surface area contributed by atoms with Gasteiger partial charge in [-0.2, -0.15) is 5.10 Å². The van der Waals surface area contributed by atoms with Crippen molar-refractivity contribution in [3.8, 4) is 11.1 Å². The van der Waals surface area contributed by atoms with Crippen molar-refractivity contribution in [1.29, 1.82) is 0 Å². The first-order chi connectivity index (χ1) is 16.9. The topological polar surface area (TPSA) is 123 Å². The molecule has 9 nitrogen and oxygen atoms in total. The lowest BCUT2D eigenvalue weighted by Crippen LogP contribution is -2.52. The minimum absolute atomic E-state index is 0.0615. The highest BCUT2D eigenvalue weighted by Crippen LogP contribution is 2.44. The Morgan fingerprint density at radius 2 is 1.66 bits per heavy atom. The van der Waals surface area contributed by atoms with E-state index in [1.54, 1.807) is 7.05 Å². The molecule has 0 spiro atoms. The first-order valence-electron chi connectivity index (χ1n) is 11.6. The summed E-state index contributed by atoms with van der Waals surface area (Å²) in [7, 11) is 1.61. The number of amides is 2. The molecule has 2 aliphatic rings. The van der Waals surface area contributed by atoms with E-state index in [2.05, 4.69) is 27.9 Å². The molecule has 0 bridgehead atoms. The van der Waals surface area contributed by atoms with Gasteiger partial charge < -0.3 is 15.2 Å². The number of nitrogens with one attached hydrogen (secondary N) is 2. The Morgan fingerprint density at radius 1 is 1.06 bits per heavy atom. The highest BCUT2D eigenvalue weighted by atomic mass is 16.5. The standard InChI is InChI=1S/C26H26N4O5/c1-30-14-21(22(29-30)23(31)28-26(24(32)33)12-6-7-13-26)27-25(34)35-15-20-18-10-4-2-8-16(18)17-9-3-5-11-19(17)20/h2-5,8-11,14,20H,6-7,12-13,15H2,1H3,(H,27,34)(H,28,31)(H,32,33). The molecule has 1 fully saturated rings. The van der Waals surface area contributed by atoms with Crippen molar-refractivity contribution in [3.05, 3.63) is 71.5 Å². The summed E-state index contributed by atoms with van der Waals surface area (Å²) in [5.41, 5.74) is 3.23. The number of anilines is 1. The van der Waals surface area contributed by atoms with Crippen LogP contribution < -0.4 is 10.6 Å². The summed E-state index contributed by atoms with van der Waals surface area (Å²) in [5, 5.41) is 19.0. The molecule has 2 aromatic carbocycles. The van der Waals surface area contributed by atoms with Crippen LogP contribution in [0.5, 0.6) is 0 Å². The fraction of sp³-hybridized carbons (Fsp3) is 0.308. The number of aryl methyl sites for hydroxylation is 1. The van der Waals surface area contributed by atoms with Crippen LogP contribution in [0.25, 0.3) is 11.1 Å². The van der Waals surface area contributed by atoms with Gasteiger partial charge in [0.05, 0.1) is 5.69 Å². The summed E-state index contributed by atoms with van der Waals surface area (Å²) in [4.78, 5) is 37.4. The van der Waals surface area contributed by atoms with Gasteiger partial charge in [0.25, 0.3) is 5.91 Å². The quantitative estimate of drug-likeness (QED) is 0.498. The predicted molar refractivity (Wildman–Crippen MR) is 128 cm³/mol. The zero-order valence-corrected chi connectivity index (χ0v) is 19.3. The lowest BCUT2D eigenvalue weighted by atomic mass is 9.97. The maximum Gasteiger partial charge on any atom is 0.411 e. The van der Waals surface area contributed by atoms with Crippen LogP contribution in [0.2, 0.25) is 0 Å². The predicted octanol–water partition coefficient (Wildman–Crippen LogP) is 3.91. The minimum Gasteiger partial charge on any atom is -0.480 e. The molecular formula is C26H26N4O5. The average Bonchev–Trinajstić information content (AvgIpc) is 3.54. The molecule has 3 N–H and O–H groups in total. The molecule has 1 heterocycles. The van der Waals surface area contributed by atoms with E-state index >= 15 is 0 Å². The molecule has 5 rings (SSSR count). The molecular weight excluding hydrogens is 448 g/mol. The van der Waals surface area contributed by atoms with E-state index in [-0.39, 0.29) is 23.9 Å². The van der Waals surface area contributed by atoms with Gasteiger partial charge in [-0.15, -0.1) is 0 Å². The Hall–Kier alpha value is -4.14. The molecule has 35 heavy (non-hydrogen) atoms. The monoisotopic (exact) mass is 474 g/mol. The van der Waals surface area contributed by atoms with Crippen LogP contribution in [0.3, 0.4) is 0 Å². The van der Waals surface area contributed by atoms with Crippen molar-refractivity contribution in [2.24, 2.45) is 7.05 Å². The smallest absolute Gasteiger partial charge is 0.411 e. The van der Waals surface area contributed by atoms with Crippen molar-refractivity contribution >= 4 is 23.7 Å². The van der Waals surface area contributed by atoms with Crippen LogP contribution in [-0.4, -0.2) is 45.0 Å². The van der Waals surface area contributed by atoms with Gasteiger partial charge in [-0.3, -0.25) is 14.8 Å². The van der Waals surface area contributed by atoms with Crippen LogP contribution in [0.1, 0.15) is 53.2 Å². The lowest BCUT2D eigenvalue weighted by Gasteiger charge is -2.25. The number of ether oxygens (including phenoxy) is 1. The third kappa shape index (κ3) is 4.14. The third-order valence-electron chi connectivity index (χ3n) is 6.84. The Morgan fingerprint density at radius 3 is 2.26 bits per heavy atom. The highest BCUT2D eigenvalue weighted by molar-refractivity contribution is 6.03. The first-order valence-corrected chi connectivity index (χ1v) is 11.6. The van der Waals surface area contributed by atoms with Gasteiger partial charge in [0.2, 0.25) is 0 Å². The second-order valence-electron chi connectivity index (χ2n) is 9.06. The summed E-state index contributed by atoms with van der Waals surface area (Å²) in [6.45, 7) is 0.129. The molecule has 2 aliphatic carbocycles. The van der Waals surface area contributed by atoms with Crippen molar-refractivity contribution < 1.29 is 24.2 Å². The number of benzene rings is 2. The van der Waals surface area contributed by atoms with E-state index in [0.717, 1.165) is 35.1 Å². The Kier molecular flexibility index (Phi) is 5.76. The molecule has 3 aromatic rings. The van der Waals surface area contributed by atoms with Crippen LogP contribution in [0.4, 0.5) is 10.5 Å². The van der Waals surface area contributed by atoms with Gasteiger partial charge in [0.15, 0.2) is 5.69 Å². The third-order valence-corrected chi connectivity index (χ3v) is 6.84. The largest absolute Gasteiger partial charge is 0.480 e. The fourth-order valence-electron chi connectivity index (χ4n) is 5.14. The lowest BCUT2D eigenvalue weighted by molar-refractivity contribution is -0.144. The van der Waals surface area contributed by atoms with Gasteiger partial charge in [-0.25, -0.2) is 9.59 Å². The first kappa shape index (κ1) is 22.6. The number of rotatable bonds is 6. The number of carboxylic acids is 1. The zero-order valence-electron chi connectivity index (χ0n) is 19.3. The van der Waals surface area contributed by atoms with Crippen LogP contribution in [-0.2, 0) is 16.6 Å². The van der Waals surface area contributed by atoms with Gasteiger partial charge >= 0.3 is 12.1 Å². The Balaban J connectivity index is 1.29. The van der Waals surface area contributed by atoms with Crippen LogP contribution in [0.15, 0.2) is 54.7 Å². The molecule has 0 radical (unpaired) electrons. The number of hydrogen-bond donors (Lipinski definition) is 3. The number of hydrogen-bond acceptors (Lipinski definition) is 5. The van der Waals surface area contributed by atoms with Crippen LogP contribution >= 0.6 is 0 Å². The van der Waals surface area contributed by atoms with E-state index in [1.807, 2.05) is 36.4 Å². The number of aliphatic carboxylic acids is 1. The molecule has 0 aliphatic heterocycles. The molecule has 180 valence electrons. The molecule has 9 heteroatoms. The van der Waals surface area contributed by atoms with Crippen molar-refractivity contribution in [1.82, 2.24) is 15.1 Å². The number of fused-ring (bicyclic) bond motifs is 3. The second-order valence-corrected chi connectivity index (χ2v) is 9.06. The summed E-state index contributed by atoms with van der Waals surface area (Å²) in [6.07, 6.45) is 2.92. The minimum atomic E-state index is -1.31. The van der Waals surface area contributed by atoms with Gasteiger partial charge in [0, 0.05) is 19.2 Å². The molecule has 0 saturated heterocycles. The van der Waals surface area contributed by atoms with E-state index in [4.69, 9.17) is 4.74 Å². The number of nitrogens with zero attached hydrogens (tertiary/aromatic N) is 2. The normalized spacial score (nSPS) is 15.8. The molecule has 1 saturated carbocycles. The van der Waals surface area contributed by atoms with E-state index < -0.39 is 23.5 Å². The summed E-state index contributed by atoms with van der Waals surface area (Å²) >= 11 is 0. The van der Waals surface area contributed by atoms with Crippen molar-refractivity contribution in [2.45, 2.75) is 37.1 Å². The van der Waals surface area contributed by atoms with Gasteiger partial charge in [-0.1, -0.05) is 61.4 Å². The van der Waals surface area contributed by atoms with Gasteiger partial charge in [0.1, 0.15) is 12.1 Å². The summed E-state index contributed by atoms with van der Waals surface area (Å²) in [6, 6.07) is 16.1. The average molecular weight is 475 g/mol. The van der Waals surface area contributed by atoms with Crippen molar-refractivity contribution in [3.63, 3.8) is 0 Å². The van der Waals surface area contributed by atoms with Crippen LogP contribution in [0, 0.1) is 0 Å². The van der Waals surface area contributed by atoms with E-state index in [1.165, 1.54) is 10.9 Å². The number of carboxylic acid groups (broad SMARTS) is 1. The Labute approximate surface area is 202 Å². The van der Waals surface area contributed by atoms with E-state index in [0.29, 0.717) is 12.8 Å². The summed E-state index contributed by atoms with van der Waals surface area (Å²) in [5.74, 6) is -1.81. The Bertz CT molecular complexity index is 1260. The maximum absolute atomic E-state index is 12.9. The fourth-order valence-corrected chi connectivity index (χ4v) is 5.14. The maximum atomic E-state index is 12.9. The molecule has 1 aromatic heterocycles. The highest BCUT2D eigenvalue weighted by Gasteiger charge is 2.43. The second kappa shape index (κ2) is 8.90. The van der Waals surface area contributed by atoms with E-state index in [9.17, 15) is 19.5 Å². The van der Waals surface area contributed by atoms with Crippen molar-refractivity contribution in [2.75, 3.05) is 11.9 Å². The summed E-state index contributed by atoms with van der Waals surface area (Å²) < 4.78 is 6.95. The number of carbonyl (C=O) groups excluding carboxylic acids is 2. The van der Waals surface area contributed by atoms with Gasteiger partial charge in [-0.05, 0) is 35.1 Å². The molecule has 2 amide bonds. The number of aromatic nitrogens is 2. The molecule has 0 unspecified atom stereocenters. The molecule has 0 atom stereocenters. The number of carbonyl (C=O) groups is 3. The SMILES string of the molecule is Cn1cc(NC(=O)OCC2c3ccccc3-c3ccccc32)c(C(=O)NC2(C(=O)O)CCCC2)n1.